The van der Waals surface area contributed by atoms with E-state index in [1.807, 2.05) is 24.6 Å². The predicted octanol–water partition coefficient (Wildman–Crippen LogP) is 2.78. The van der Waals surface area contributed by atoms with Gasteiger partial charge in [0.15, 0.2) is 11.5 Å². The summed E-state index contributed by atoms with van der Waals surface area (Å²) in [6.07, 6.45) is 0. The Hall–Kier alpha value is -1.60. The molecule has 0 saturated heterocycles. The molecule has 3 heterocycles. The molecule has 1 aliphatic rings. The second-order valence-corrected chi connectivity index (χ2v) is 6.25. The summed E-state index contributed by atoms with van der Waals surface area (Å²) in [5.74, 6) is 1.06. The summed E-state index contributed by atoms with van der Waals surface area (Å²) >= 11 is 2.88. The van der Waals surface area contributed by atoms with Gasteiger partial charge in [0, 0.05) is 16.5 Å². The highest BCUT2D eigenvalue weighted by Crippen LogP contribution is 2.39. The summed E-state index contributed by atoms with van der Waals surface area (Å²) in [4.78, 5) is 17.2. The Morgan fingerprint density at radius 2 is 2.15 bits per heavy atom. The molecule has 20 heavy (non-hydrogen) atoms. The summed E-state index contributed by atoms with van der Waals surface area (Å²) in [6, 6.07) is -0.122. The van der Waals surface area contributed by atoms with E-state index in [-0.39, 0.29) is 11.9 Å². The molecule has 7 heteroatoms. The van der Waals surface area contributed by atoms with Crippen molar-refractivity contribution in [2.45, 2.75) is 19.9 Å². The molecule has 3 rings (SSSR count). The number of hydrogen-bond donors (Lipinski definition) is 1. The van der Waals surface area contributed by atoms with Crippen molar-refractivity contribution in [3.05, 3.63) is 26.3 Å². The van der Waals surface area contributed by atoms with Gasteiger partial charge in [-0.15, -0.1) is 22.7 Å². The zero-order valence-electron chi connectivity index (χ0n) is 11.1. The first-order chi connectivity index (χ1) is 9.65. The van der Waals surface area contributed by atoms with Crippen LogP contribution in [-0.2, 0) is 0 Å². The van der Waals surface area contributed by atoms with E-state index in [0.717, 1.165) is 10.7 Å². The average molecular weight is 310 g/mol. The fourth-order valence-corrected chi connectivity index (χ4v) is 3.55. The fourth-order valence-electron chi connectivity index (χ4n) is 1.91. The Morgan fingerprint density at radius 1 is 1.35 bits per heavy atom. The number of carbonyl (C=O) groups excluding carboxylic acids is 1. The smallest absolute Gasteiger partial charge is 0.265 e. The Labute approximate surface area is 124 Å². The molecule has 1 atom stereocenters. The summed E-state index contributed by atoms with van der Waals surface area (Å²) in [5.41, 5.74) is 0.969. The zero-order valence-corrected chi connectivity index (χ0v) is 12.8. The second kappa shape index (κ2) is 5.41. The number of nitrogens with zero attached hydrogens (tertiary/aromatic N) is 1. The molecular weight excluding hydrogens is 296 g/mol. The number of rotatable bonds is 3. The van der Waals surface area contributed by atoms with Crippen LogP contribution in [0.2, 0.25) is 0 Å². The van der Waals surface area contributed by atoms with Gasteiger partial charge >= 0.3 is 0 Å². The molecule has 0 aromatic carbocycles. The van der Waals surface area contributed by atoms with E-state index in [1.165, 1.54) is 11.3 Å². The number of carbonyl (C=O) groups is 1. The second-order valence-electron chi connectivity index (χ2n) is 4.48. The Bertz CT molecular complexity index is 635. The maximum absolute atomic E-state index is 12.3. The molecule has 5 nitrogen and oxygen atoms in total. The number of aromatic nitrogens is 1. The maximum atomic E-state index is 12.3. The van der Waals surface area contributed by atoms with Gasteiger partial charge in [-0.05, 0) is 13.8 Å². The number of aryl methyl sites for hydroxylation is 1. The Balaban J connectivity index is 1.75. The van der Waals surface area contributed by atoms with Crippen molar-refractivity contribution < 1.29 is 14.3 Å². The monoisotopic (exact) mass is 310 g/mol. The minimum Gasteiger partial charge on any atom is -0.485 e. The van der Waals surface area contributed by atoms with Crippen LogP contribution >= 0.6 is 22.7 Å². The lowest BCUT2D eigenvalue weighted by Gasteiger charge is -2.16. The lowest BCUT2D eigenvalue weighted by atomic mass is 10.3. The quantitative estimate of drug-likeness (QED) is 0.947. The molecule has 0 saturated carbocycles. The highest BCUT2D eigenvalue weighted by Gasteiger charge is 2.24. The number of hydrogen-bond acceptors (Lipinski definition) is 6. The lowest BCUT2D eigenvalue weighted by molar-refractivity contribution is 0.0935. The van der Waals surface area contributed by atoms with Crippen molar-refractivity contribution in [1.29, 1.82) is 0 Å². The van der Waals surface area contributed by atoms with Crippen molar-refractivity contribution in [2.75, 3.05) is 13.2 Å². The van der Waals surface area contributed by atoms with Gasteiger partial charge < -0.3 is 14.8 Å². The predicted molar refractivity (Wildman–Crippen MR) is 78.0 cm³/mol. The van der Waals surface area contributed by atoms with Gasteiger partial charge in [-0.1, -0.05) is 0 Å². The molecule has 106 valence electrons. The molecular formula is C13H14N2O3S2. The van der Waals surface area contributed by atoms with Crippen molar-refractivity contribution in [2.24, 2.45) is 0 Å². The summed E-state index contributed by atoms with van der Waals surface area (Å²) < 4.78 is 11.0. The van der Waals surface area contributed by atoms with Gasteiger partial charge in [0.2, 0.25) is 0 Å². The summed E-state index contributed by atoms with van der Waals surface area (Å²) in [5, 5.41) is 7.63. The molecule has 2 aromatic heterocycles. The lowest BCUT2D eigenvalue weighted by Crippen LogP contribution is -2.27. The van der Waals surface area contributed by atoms with E-state index in [2.05, 4.69) is 10.3 Å². The third-order valence-electron chi connectivity index (χ3n) is 2.86. The zero-order chi connectivity index (χ0) is 14.1. The maximum Gasteiger partial charge on any atom is 0.265 e. The van der Waals surface area contributed by atoms with Crippen LogP contribution in [-0.4, -0.2) is 24.1 Å². The van der Waals surface area contributed by atoms with Crippen molar-refractivity contribution in [3.8, 4) is 11.5 Å². The van der Waals surface area contributed by atoms with Crippen LogP contribution < -0.4 is 14.8 Å². The highest BCUT2D eigenvalue weighted by atomic mass is 32.1. The van der Waals surface area contributed by atoms with Gasteiger partial charge in [-0.25, -0.2) is 4.98 Å². The minimum atomic E-state index is -0.151. The van der Waals surface area contributed by atoms with E-state index >= 15 is 0 Å². The van der Waals surface area contributed by atoms with Crippen LogP contribution in [0.15, 0.2) is 10.8 Å². The van der Waals surface area contributed by atoms with Gasteiger partial charge in [0.05, 0.1) is 6.04 Å². The standard InChI is InChI=1S/C13H14N2O3S2/c1-7-5-20-13(14-7)8(2)15-12(16)11-10-9(6-19-11)17-3-4-18-10/h5-6,8H,3-4H2,1-2H3,(H,15,16)/t8-/m0/s1. The minimum absolute atomic E-state index is 0.122. The first-order valence-electron chi connectivity index (χ1n) is 6.25. The largest absolute Gasteiger partial charge is 0.485 e. The number of thiazole rings is 1. The van der Waals surface area contributed by atoms with Crippen LogP contribution in [0.3, 0.4) is 0 Å². The summed E-state index contributed by atoms with van der Waals surface area (Å²) in [6.45, 7) is 4.87. The van der Waals surface area contributed by atoms with E-state index in [4.69, 9.17) is 9.47 Å². The van der Waals surface area contributed by atoms with Crippen LogP contribution in [0.1, 0.15) is 33.3 Å². The molecule has 0 spiro atoms. The molecule has 0 fully saturated rings. The van der Waals surface area contributed by atoms with Crippen LogP contribution in [0.5, 0.6) is 11.5 Å². The van der Waals surface area contributed by atoms with Crippen molar-refractivity contribution >= 4 is 28.6 Å². The van der Waals surface area contributed by atoms with Crippen LogP contribution in [0.4, 0.5) is 0 Å². The number of amides is 1. The van der Waals surface area contributed by atoms with Gasteiger partial charge in [-0.2, -0.15) is 0 Å². The van der Waals surface area contributed by atoms with E-state index < -0.39 is 0 Å². The molecule has 0 bridgehead atoms. The van der Waals surface area contributed by atoms with Gasteiger partial charge in [0.25, 0.3) is 5.91 Å². The first-order valence-corrected chi connectivity index (χ1v) is 8.01. The number of ether oxygens (including phenoxy) is 2. The van der Waals surface area contributed by atoms with Crippen molar-refractivity contribution in [3.63, 3.8) is 0 Å². The SMILES string of the molecule is Cc1csc([C@H](C)NC(=O)c2scc3c2OCCO3)n1. The Morgan fingerprint density at radius 3 is 2.90 bits per heavy atom. The molecule has 1 aliphatic heterocycles. The third kappa shape index (κ3) is 2.51. The topological polar surface area (TPSA) is 60.5 Å². The number of fused-ring (bicyclic) bond motifs is 1. The van der Waals surface area contributed by atoms with Crippen LogP contribution in [0, 0.1) is 6.92 Å². The molecule has 1 amide bonds. The number of nitrogens with one attached hydrogen (secondary N) is 1. The average Bonchev–Trinajstić information content (AvgIpc) is 3.04. The summed E-state index contributed by atoms with van der Waals surface area (Å²) in [7, 11) is 0. The van der Waals surface area contributed by atoms with E-state index in [0.29, 0.717) is 29.6 Å². The number of thiophene rings is 1. The molecule has 0 radical (unpaired) electrons. The van der Waals surface area contributed by atoms with Crippen molar-refractivity contribution in [1.82, 2.24) is 10.3 Å². The van der Waals surface area contributed by atoms with Crippen LogP contribution in [0.25, 0.3) is 0 Å². The third-order valence-corrected chi connectivity index (χ3v) is 4.95. The fraction of sp³-hybridized carbons (Fsp3) is 0.385. The highest BCUT2D eigenvalue weighted by molar-refractivity contribution is 7.12. The normalized spacial score (nSPS) is 14.9. The molecule has 2 aromatic rings. The Kier molecular flexibility index (Phi) is 3.62. The first kappa shape index (κ1) is 13.4. The molecule has 1 N–H and O–H groups in total. The van der Waals surface area contributed by atoms with Gasteiger partial charge in [0.1, 0.15) is 23.1 Å². The van der Waals surface area contributed by atoms with E-state index in [1.54, 1.807) is 11.3 Å². The van der Waals surface area contributed by atoms with E-state index in [9.17, 15) is 4.79 Å². The molecule has 0 aliphatic carbocycles. The molecule has 0 unspecified atom stereocenters. The van der Waals surface area contributed by atoms with Gasteiger partial charge in [-0.3, -0.25) is 4.79 Å².